The number of hydrogen-bond donors (Lipinski definition) is 0. The van der Waals surface area contributed by atoms with Crippen LogP contribution in [-0.4, -0.2) is 6.61 Å². The minimum atomic E-state index is -0.332. The van der Waals surface area contributed by atoms with E-state index in [0.29, 0.717) is 17.8 Å². The van der Waals surface area contributed by atoms with Crippen LogP contribution in [0.3, 0.4) is 0 Å². The summed E-state index contributed by atoms with van der Waals surface area (Å²) in [4.78, 5) is 0. The number of benzene rings is 3. The molecule has 0 radical (unpaired) electrons. The van der Waals surface area contributed by atoms with Crippen LogP contribution >= 0.6 is 0 Å². The Labute approximate surface area is 185 Å². The molecule has 3 heteroatoms. The summed E-state index contributed by atoms with van der Waals surface area (Å²) in [6.07, 6.45) is 4.26. The standard InChI is InChI=1S/C28H31FO2/c1-4-30-23-15-13-22(14-16-23)28(20-27(28,2)3)18-8-9-21-12-17-25(29)26(19-21)31-24-10-6-5-7-11-24/h5-7,10-17,19H,4,8-9,18,20H2,1-3H3. The van der Waals surface area contributed by atoms with E-state index in [0.717, 1.165) is 30.6 Å². The third kappa shape index (κ3) is 4.61. The third-order valence-corrected chi connectivity index (χ3v) is 6.67. The number of rotatable bonds is 9. The lowest BCUT2D eigenvalue weighted by Crippen LogP contribution is -2.15. The highest BCUT2D eigenvalue weighted by atomic mass is 19.1. The van der Waals surface area contributed by atoms with Gasteiger partial charge in [0.05, 0.1) is 6.61 Å². The Bertz CT molecular complexity index is 1010. The van der Waals surface area contributed by atoms with Crippen molar-refractivity contribution in [3.05, 3.63) is 89.7 Å². The molecular formula is C28H31FO2. The molecule has 0 N–H and O–H groups in total. The monoisotopic (exact) mass is 418 g/mol. The minimum absolute atomic E-state index is 0.209. The lowest BCUT2D eigenvalue weighted by molar-refractivity contribution is 0.340. The van der Waals surface area contributed by atoms with Gasteiger partial charge in [-0.15, -0.1) is 0 Å². The summed E-state index contributed by atoms with van der Waals surface area (Å²) in [5, 5.41) is 0. The van der Waals surface area contributed by atoms with Crippen LogP contribution in [0.15, 0.2) is 72.8 Å². The van der Waals surface area contributed by atoms with Gasteiger partial charge >= 0.3 is 0 Å². The molecule has 1 aliphatic rings. The van der Waals surface area contributed by atoms with Crippen LogP contribution in [0.1, 0.15) is 51.2 Å². The first-order valence-corrected chi connectivity index (χ1v) is 11.2. The lowest BCUT2D eigenvalue weighted by atomic mass is 9.83. The molecule has 0 bridgehead atoms. The quantitative estimate of drug-likeness (QED) is 0.354. The van der Waals surface area contributed by atoms with Crippen LogP contribution in [-0.2, 0) is 11.8 Å². The van der Waals surface area contributed by atoms with Gasteiger partial charge in [0.25, 0.3) is 0 Å². The van der Waals surface area contributed by atoms with E-state index in [4.69, 9.17) is 9.47 Å². The van der Waals surface area contributed by atoms with Crippen molar-refractivity contribution in [1.82, 2.24) is 0 Å². The van der Waals surface area contributed by atoms with Gasteiger partial charge in [0.1, 0.15) is 11.5 Å². The van der Waals surface area contributed by atoms with E-state index in [1.165, 1.54) is 18.1 Å². The first kappa shape index (κ1) is 21.4. The molecule has 0 spiro atoms. The maximum Gasteiger partial charge on any atom is 0.165 e. The van der Waals surface area contributed by atoms with Crippen molar-refractivity contribution in [3.8, 4) is 17.2 Å². The van der Waals surface area contributed by atoms with Gasteiger partial charge in [-0.25, -0.2) is 4.39 Å². The maximum absolute atomic E-state index is 14.3. The molecule has 0 aliphatic heterocycles. The van der Waals surface area contributed by atoms with E-state index < -0.39 is 0 Å². The molecule has 1 atom stereocenters. The van der Waals surface area contributed by atoms with Gasteiger partial charge in [-0.3, -0.25) is 0 Å². The van der Waals surface area contributed by atoms with Gasteiger partial charge in [-0.1, -0.05) is 50.2 Å². The van der Waals surface area contributed by atoms with Crippen molar-refractivity contribution < 1.29 is 13.9 Å². The van der Waals surface area contributed by atoms with Crippen molar-refractivity contribution in [2.75, 3.05) is 6.61 Å². The molecule has 1 saturated carbocycles. The highest BCUT2D eigenvalue weighted by Gasteiger charge is 2.60. The second-order valence-electron chi connectivity index (χ2n) is 9.13. The lowest BCUT2D eigenvalue weighted by Gasteiger charge is -2.22. The zero-order valence-electron chi connectivity index (χ0n) is 18.7. The summed E-state index contributed by atoms with van der Waals surface area (Å²) < 4.78 is 25.6. The van der Waals surface area contributed by atoms with Gasteiger partial charge < -0.3 is 9.47 Å². The molecular weight excluding hydrogens is 387 g/mol. The molecule has 31 heavy (non-hydrogen) atoms. The van der Waals surface area contributed by atoms with Crippen molar-refractivity contribution in [2.24, 2.45) is 5.41 Å². The van der Waals surface area contributed by atoms with Gasteiger partial charge in [0.2, 0.25) is 0 Å². The van der Waals surface area contributed by atoms with Gasteiger partial charge in [0, 0.05) is 5.41 Å². The Morgan fingerprint density at radius 3 is 2.26 bits per heavy atom. The van der Waals surface area contributed by atoms with Crippen molar-refractivity contribution >= 4 is 0 Å². The molecule has 0 heterocycles. The smallest absolute Gasteiger partial charge is 0.165 e. The maximum atomic E-state index is 14.3. The zero-order valence-corrected chi connectivity index (χ0v) is 18.7. The summed E-state index contributed by atoms with van der Waals surface area (Å²) in [5.41, 5.74) is 3.01. The predicted molar refractivity (Wildman–Crippen MR) is 124 cm³/mol. The molecule has 0 amide bonds. The summed E-state index contributed by atoms with van der Waals surface area (Å²) in [7, 11) is 0. The van der Waals surface area contributed by atoms with Crippen LogP contribution in [0, 0.1) is 11.2 Å². The Balaban J connectivity index is 1.42. The molecule has 0 saturated heterocycles. The first-order chi connectivity index (χ1) is 14.9. The van der Waals surface area contributed by atoms with E-state index in [9.17, 15) is 4.39 Å². The fourth-order valence-corrected chi connectivity index (χ4v) is 4.80. The van der Waals surface area contributed by atoms with Crippen LogP contribution in [0.2, 0.25) is 0 Å². The zero-order chi connectivity index (χ0) is 21.9. The minimum Gasteiger partial charge on any atom is -0.494 e. The average molecular weight is 419 g/mol. The van der Waals surface area contributed by atoms with Gasteiger partial charge in [-0.2, -0.15) is 0 Å². The topological polar surface area (TPSA) is 18.5 Å². The van der Waals surface area contributed by atoms with E-state index in [1.807, 2.05) is 49.4 Å². The Morgan fingerprint density at radius 1 is 0.903 bits per heavy atom. The number of hydrogen-bond acceptors (Lipinski definition) is 2. The third-order valence-electron chi connectivity index (χ3n) is 6.67. The molecule has 1 aliphatic carbocycles. The molecule has 1 fully saturated rings. The number of para-hydroxylation sites is 1. The second-order valence-corrected chi connectivity index (χ2v) is 9.13. The highest BCUT2D eigenvalue weighted by molar-refractivity contribution is 5.40. The number of ether oxygens (including phenoxy) is 2. The largest absolute Gasteiger partial charge is 0.494 e. The van der Waals surface area contributed by atoms with E-state index in [2.05, 4.69) is 38.1 Å². The number of halogens is 1. The van der Waals surface area contributed by atoms with E-state index in [-0.39, 0.29) is 17.0 Å². The summed E-state index contributed by atoms with van der Waals surface area (Å²) >= 11 is 0. The molecule has 162 valence electrons. The number of aryl methyl sites for hydroxylation is 1. The summed E-state index contributed by atoms with van der Waals surface area (Å²) in [6, 6.07) is 23.2. The van der Waals surface area contributed by atoms with Crippen molar-refractivity contribution in [1.29, 1.82) is 0 Å². The summed E-state index contributed by atoms with van der Waals surface area (Å²) in [6.45, 7) is 7.40. The normalized spacial score (nSPS) is 19.1. The first-order valence-electron chi connectivity index (χ1n) is 11.2. The fraction of sp³-hybridized carbons (Fsp3) is 0.357. The van der Waals surface area contributed by atoms with Crippen molar-refractivity contribution in [2.45, 2.75) is 51.9 Å². The molecule has 4 rings (SSSR count). The predicted octanol–water partition coefficient (Wildman–Crippen LogP) is 7.71. The summed E-state index contributed by atoms with van der Waals surface area (Å²) in [5.74, 6) is 1.53. The second kappa shape index (κ2) is 8.74. The highest BCUT2D eigenvalue weighted by Crippen LogP contribution is 2.66. The SMILES string of the molecule is CCOc1ccc(C2(CCCc3ccc(F)c(Oc4ccccc4)c3)CC2(C)C)cc1. The fourth-order valence-electron chi connectivity index (χ4n) is 4.80. The van der Waals surface area contributed by atoms with E-state index in [1.54, 1.807) is 0 Å². The molecule has 2 nitrogen and oxygen atoms in total. The van der Waals surface area contributed by atoms with Gasteiger partial charge in [0.15, 0.2) is 11.6 Å². The Hall–Kier alpha value is -2.81. The van der Waals surface area contributed by atoms with Crippen LogP contribution in [0.5, 0.6) is 17.2 Å². The molecule has 3 aromatic carbocycles. The van der Waals surface area contributed by atoms with Crippen molar-refractivity contribution in [3.63, 3.8) is 0 Å². The van der Waals surface area contributed by atoms with Crippen LogP contribution in [0.25, 0.3) is 0 Å². The Kier molecular flexibility index (Phi) is 6.04. The van der Waals surface area contributed by atoms with Crippen LogP contribution in [0.4, 0.5) is 4.39 Å². The molecule has 3 aromatic rings. The van der Waals surface area contributed by atoms with Gasteiger partial charge in [-0.05, 0) is 85.5 Å². The van der Waals surface area contributed by atoms with E-state index >= 15 is 0 Å². The molecule has 1 unspecified atom stereocenters. The van der Waals surface area contributed by atoms with Crippen LogP contribution < -0.4 is 9.47 Å². The molecule has 0 aromatic heterocycles. The average Bonchev–Trinajstić information content (AvgIpc) is 3.33. The Morgan fingerprint density at radius 2 is 1.61 bits per heavy atom.